The molecule has 7 heteroatoms. The molecule has 1 aliphatic rings. The van der Waals surface area contributed by atoms with E-state index in [2.05, 4.69) is 36.3 Å². The molecule has 3 rings (SSSR count). The van der Waals surface area contributed by atoms with Gasteiger partial charge in [0.2, 0.25) is 10.0 Å². The lowest BCUT2D eigenvalue weighted by molar-refractivity contribution is 0.0950. The van der Waals surface area contributed by atoms with Crippen molar-refractivity contribution >= 4 is 15.9 Å². The van der Waals surface area contributed by atoms with E-state index in [1.807, 2.05) is 19.1 Å². The first-order valence-corrected chi connectivity index (χ1v) is 12.4. The molecular weight excluding hydrogens is 410 g/mol. The first-order chi connectivity index (χ1) is 14.8. The van der Waals surface area contributed by atoms with E-state index in [1.54, 1.807) is 22.5 Å². The normalized spacial score (nSPS) is 17.6. The second-order valence-corrected chi connectivity index (χ2v) is 10.2. The van der Waals surface area contributed by atoms with Crippen LogP contribution in [0.4, 0.5) is 0 Å². The fraction of sp³-hybridized carbons (Fsp3) is 0.458. The van der Waals surface area contributed by atoms with Crippen LogP contribution < -0.4 is 5.32 Å². The van der Waals surface area contributed by atoms with Gasteiger partial charge in [-0.15, -0.1) is 0 Å². The average Bonchev–Trinajstić information content (AvgIpc) is 2.78. The summed E-state index contributed by atoms with van der Waals surface area (Å²) in [5.74, 6) is -0.278. The molecule has 1 heterocycles. The summed E-state index contributed by atoms with van der Waals surface area (Å²) in [6.45, 7) is 6.81. The van der Waals surface area contributed by atoms with Gasteiger partial charge in [0, 0.05) is 31.2 Å². The van der Waals surface area contributed by atoms with Crippen molar-refractivity contribution in [1.29, 1.82) is 0 Å². The number of nitrogens with zero attached hydrogens (tertiary/aromatic N) is 2. The summed E-state index contributed by atoms with van der Waals surface area (Å²) in [5, 5.41) is 2.92. The van der Waals surface area contributed by atoms with Crippen molar-refractivity contribution in [1.82, 2.24) is 14.5 Å². The highest BCUT2D eigenvalue weighted by atomic mass is 32.2. The predicted molar refractivity (Wildman–Crippen MR) is 123 cm³/mol. The van der Waals surface area contributed by atoms with E-state index >= 15 is 0 Å². The van der Waals surface area contributed by atoms with Crippen molar-refractivity contribution in [3.05, 3.63) is 65.2 Å². The Hall–Kier alpha value is -2.22. The quantitative estimate of drug-likeness (QED) is 0.676. The van der Waals surface area contributed by atoms with E-state index in [0.29, 0.717) is 18.7 Å². The smallest absolute Gasteiger partial charge is 0.251 e. The number of carbonyl (C=O) groups excluding carboxylic acids is 1. The van der Waals surface area contributed by atoms with E-state index in [1.165, 1.54) is 11.6 Å². The SMILES string of the molecule is CCN(C)Cc1cccc(CNC(=O)c2cccc(S(=O)(=O)N3CCCCC3C)c2)c1. The molecule has 1 atom stereocenters. The van der Waals surface area contributed by atoms with E-state index in [-0.39, 0.29) is 16.8 Å². The van der Waals surface area contributed by atoms with Crippen LogP contribution in [0.15, 0.2) is 53.4 Å². The van der Waals surface area contributed by atoms with Crippen LogP contribution in [0, 0.1) is 0 Å². The van der Waals surface area contributed by atoms with Gasteiger partial charge >= 0.3 is 0 Å². The zero-order valence-electron chi connectivity index (χ0n) is 18.7. The number of benzene rings is 2. The molecule has 0 radical (unpaired) electrons. The maximum absolute atomic E-state index is 13.1. The number of amides is 1. The molecule has 1 aliphatic heterocycles. The number of nitrogens with one attached hydrogen (secondary N) is 1. The number of sulfonamides is 1. The van der Waals surface area contributed by atoms with E-state index < -0.39 is 10.0 Å². The van der Waals surface area contributed by atoms with Crippen molar-refractivity contribution in [2.24, 2.45) is 0 Å². The van der Waals surface area contributed by atoms with Crippen molar-refractivity contribution in [3.8, 4) is 0 Å². The second-order valence-electron chi connectivity index (χ2n) is 8.32. The summed E-state index contributed by atoms with van der Waals surface area (Å²) >= 11 is 0. The Bertz CT molecular complexity index is 1010. The zero-order valence-corrected chi connectivity index (χ0v) is 19.5. The van der Waals surface area contributed by atoms with Gasteiger partial charge in [-0.3, -0.25) is 4.79 Å². The van der Waals surface area contributed by atoms with Crippen LogP contribution in [0.2, 0.25) is 0 Å². The summed E-state index contributed by atoms with van der Waals surface area (Å²) in [4.78, 5) is 15.1. The summed E-state index contributed by atoms with van der Waals surface area (Å²) in [7, 11) is -1.54. The third-order valence-electron chi connectivity index (χ3n) is 5.88. The molecule has 0 saturated carbocycles. The van der Waals surface area contributed by atoms with E-state index in [0.717, 1.165) is 37.9 Å². The fourth-order valence-corrected chi connectivity index (χ4v) is 5.65. The van der Waals surface area contributed by atoms with Crippen molar-refractivity contribution in [2.45, 2.75) is 57.1 Å². The number of piperidine rings is 1. The molecule has 2 aromatic rings. The standard InChI is InChI=1S/C24H33N3O3S/c1-4-26(3)18-21-11-7-10-20(15-21)17-25-24(28)22-12-8-13-23(16-22)31(29,30)27-14-6-5-9-19(27)2/h7-8,10-13,15-16,19H,4-6,9,14,17-18H2,1-3H3,(H,25,28). The van der Waals surface area contributed by atoms with Gasteiger partial charge in [0.15, 0.2) is 0 Å². The highest BCUT2D eigenvalue weighted by molar-refractivity contribution is 7.89. The number of rotatable bonds is 8. The van der Waals surface area contributed by atoms with Crippen LogP contribution >= 0.6 is 0 Å². The Morgan fingerprint density at radius 2 is 1.87 bits per heavy atom. The van der Waals surface area contributed by atoms with Crippen LogP contribution in [0.25, 0.3) is 0 Å². The Balaban J connectivity index is 1.69. The molecule has 0 bridgehead atoms. The molecule has 1 fully saturated rings. The molecule has 1 unspecified atom stereocenters. The van der Waals surface area contributed by atoms with Crippen LogP contribution in [0.1, 0.15) is 54.6 Å². The average molecular weight is 444 g/mol. The maximum Gasteiger partial charge on any atom is 0.251 e. The van der Waals surface area contributed by atoms with Crippen LogP contribution in [0.5, 0.6) is 0 Å². The number of hydrogen-bond donors (Lipinski definition) is 1. The lowest BCUT2D eigenvalue weighted by atomic mass is 10.1. The van der Waals surface area contributed by atoms with Gasteiger partial charge in [-0.05, 0) is 62.7 Å². The number of carbonyl (C=O) groups is 1. The van der Waals surface area contributed by atoms with Crippen LogP contribution in [0.3, 0.4) is 0 Å². The summed E-state index contributed by atoms with van der Waals surface area (Å²) in [5.41, 5.74) is 2.56. The molecule has 6 nitrogen and oxygen atoms in total. The van der Waals surface area contributed by atoms with Gasteiger partial charge in [0.05, 0.1) is 4.90 Å². The third kappa shape index (κ3) is 5.93. The van der Waals surface area contributed by atoms with Crippen molar-refractivity contribution in [2.75, 3.05) is 20.1 Å². The summed E-state index contributed by atoms with van der Waals surface area (Å²) in [6, 6.07) is 14.5. The first-order valence-electron chi connectivity index (χ1n) is 11.0. The highest BCUT2D eigenvalue weighted by Gasteiger charge is 2.31. The molecule has 1 saturated heterocycles. The van der Waals surface area contributed by atoms with Gasteiger partial charge < -0.3 is 10.2 Å². The van der Waals surface area contributed by atoms with Crippen LogP contribution in [-0.4, -0.2) is 49.7 Å². The Morgan fingerprint density at radius 3 is 2.61 bits per heavy atom. The largest absolute Gasteiger partial charge is 0.348 e. The highest BCUT2D eigenvalue weighted by Crippen LogP contribution is 2.25. The monoisotopic (exact) mass is 443 g/mol. The Labute approximate surface area is 186 Å². The minimum absolute atomic E-state index is 0.0183. The Kier molecular flexibility index (Phi) is 7.86. The molecular formula is C24H33N3O3S. The zero-order chi connectivity index (χ0) is 22.4. The molecule has 168 valence electrons. The van der Waals surface area contributed by atoms with Crippen LogP contribution in [-0.2, 0) is 23.1 Å². The van der Waals surface area contributed by atoms with Gasteiger partial charge in [0.25, 0.3) is 5.91 Å². The van der Waals surface area contributed by atoms with Gasteiger partial charge in [-0.25, -0.2) is 8.42 Å². The minimum atomic E-state index is -3.61. The Morgan fingerprint density at radius 1 is 1.13 bits per heavy atom. The topological polar surface area (TPSA) is 69.7 Å². The van der Waals surface area contributed by atoms with Crippen molar-refractivity contribution in [3.63, 3.8) is 0 Å². The third-order valence-corrected chi connectivity index (χ3v) is 7.89. The molecule has 0 spiro atoms. The molecule has 0 aliphatic carbocycles. The van der Waals surface area contributed by atoms with Gasteiger partial charge in [-0.2, -0.15) is 4.31 Å². The van der Waals surface area contributed by atoms with E-state index in [4.69, 9.17) is 0 Å². The molecule has 31 heavy (non-hydrogen) atoms. The maximum atomic E-state index is 13.1. The lowest BCUT2D eigenvalue weighted by Crippen LogP contribution is -2.42. The molecule has 2 aromatic carbocycles. The molecule has 0 aromatic heterocycles. The molecule has 1 amide bonds. The molecule has 1 N–H and O–H groups in total. The lowest BCUT2D eigenvalue weighted by Gasteiger charge is -2.32. The van der Waals surface area contributed by atoms with Crippen molar-refractivity contribution < 1.29 is 13.2 Å². The fourth-order valence-electron chi connectivity index (χ4n) is 3.91. The predicted octanol–water partition coefficient (Wildman–Crippen LogP) is 3.63. The van der Waals surface area contributed by atoms with E-state index in [9.17, 15) is 13.2 Å². The first kappa shape index (κ1) is 23.4. The summed E-state index contributed by atoms with van der Waals surface area (Å²) in [6.07, 6.45) is 2.79. The number of hydrogen-bond acceptors (Lipinski definition) is 4. The van der Waals surface area contributed by atoms with Gasteiger partial charge in [0.1, 0.15) is 0 Å². The van der Waals surface area contributed by atoms with Gasteiger partial charge in [-0.1, -0.05) is 43.7 Å². The summed E-state index contributed by atoms with van der Waals surface area (Å²) < 4.78 is 27.7. The minimum Gasteiger partial charge on any atom is -0.348 e. The second kappa shape index (κ2) is 10.4.